The fraction of sp³-hybridized carbons (Fsp3) is 0.778. The van der Waals surface area contributed by atoms with Crippen molar-refractivity contribution in [2.24, 2.45) is 0 Å². The Bertz CT molecular complexity index is 376. The number of esters is 1. The minimum Gasteiger partial charge on any atom is -0.451 e. The van der Waals surface area contributed by atoms with E-state index in [1.54, 1.807) is 0 Å². The molecule has 0 saturated heterocycles. The molecule has 0 aliphatic heterocycles. The molecular weight excluding hydrogens is 312 g/mol. The van der Waals surface area contributed by atoms with Crippen LogP contribution in [0.25, 0.3) is 0 Å². The molecule has 0 aromatic carbocycles. The fourth-order valence-corrected chi connectivity index (χ4v) is 1.87. The van der Waals surface area contributed by atoms with Gasteiger partial charge >= 0.3 is 17.1 Å². The number of Topliss-reactive ketones (excluding diaryl/α,β-unsaturated/α-hetero) is 1. The van der Waals surface area contributed by atoms with E-state index >= 15 is 0 Å². The lowest BCUT2D eigenvalue weighted by Crippen LogP contribution is -2.48. The van der Waals surface area contributed by atoms with Gasteiger partial charge in [-0.25, -0.2) is 14.4 Å². The summed E-state index contributed by atoms with van der Waals surface area (Å²) in [6.45, 7) is 0. The van der Waals surface area contributed by atoms with E-state index < -0.39 is 41.1 Å². The number of carbonyl (C=O) groups excluding carboxylic acids is 2. The second-order valence-electron chi connectivity index (χ2n) is 3.92. The van der Waals surface area contributed by atoms with Gasteiger partial charge in [0, 0.05) is 6.42 Å². The topological polar surface area (TPSA) is 82.1 Å². The lowest BCUT2D eigenvalue weighted by molar-refractivity contribution is -0.433. The number of halogens is 4. The van der Waals surface area contributed by atoms with Crippen molar-refractivity contribution in [3.63, 3.8) is 0 Å². The van der Waals surface area contributed by atoms with Gasteiger partial charge in [0.25, 0.3) is 0 Å². The van der Waals surface area contributed by atoms with Gasteiger partial charge in [0.1, 0.15) is 0 Å². The van der Waals surface area contributed by atoms with Gasteiger partial charge in [0.2, 0.25) is 0 Å². The Labute approximate surface area is 114 Å². The number of carbonyl (C=O) groups is 2. The van der Waals surface area contributed by atoms with Gasteiger partial charge in [-0.05, 0) is 19.3 Å². The molecular formula is C9H10F4O6S. The summed E-state index contributed by atoms with van der Waals surface area (Å²) in [6, 6.07) is 0. The smallest absolute Gasteiger partial charge is 0.446 e. The maximum atomic E-state index is 13.7. The van der Waals surface area contributed by atoms with E-state index in [4.69, 9.17) is 5.26 Å². The molecule has 20 heavy (non-hydrogen) atoms. The summed E-state index contributed by atoms with van der Waals surface area (Å²) in [7, 11) is 0. The molecule has 0 aromatic rings. The third-order valence-electron chi connectivity index (χ3n) is 2.55. The molecule has 1 N–H and O–H groups in total. The van der Waals surface area contributed by atoms with E-state index in [0.29, 0.717) is 12.8 Å². The predicted octanol–water partition coefficient (Wildman–Crippen LogP) is 2.34. The number of alkyl halides is 4. The van der Waals surface area contributed by atoms with Crippen molar-refractivity contribution in [2.75, 3.05) is 0 Å². The van der Waals surface area contributed by atoms with Crippen LogP contribution < -0.4 is 0 Å². The molecule has 2 unspecified atom stereocenters. The van der Waals surface area contributed by atoms with Crippen LogP contribution in [0.4, 0.5) is 17.6 Å². The van der Waals surface area contributed by atoms with Crippen LogP contribution in [0, 0.1) is 0 Å². The fourth-order valence-electron chi connectivity index (χ4n) is 1.54. The molecule has 0 amide bonds. The summed E-state index contributed by atoms with van der Waals surface area (Å²) in [4.78, 5) is 22.7. The molecule has 0 heterocycles. The highest BCUT2D eigenvalue weighted by Crippen LogP contribution is 2.44. The van der Waals surface area contributed by atoms with Crippen LogP contribution >= 0.6 is 12.0 Å². The summed E-state index contributed by atoms with van der Waals surface area (Å²) in [6.07, 6.45) is -6.02. The second-order valence-corrected chi connectivity index (χ2v) is 4.79. The molecule has 2 atom stereocenters. The molecule has 1 fully saturated rings. The highest BCUT2D eigenvalue weighted by molar-refractivity contribution is 7.96. The average Bonchev–Trinajstić information content (AvgIpc) is 2.37. The van der Waals surface area contributed by atoms with Crippen LogP contribution in [0.2, 0.25) is 0 Å². The number of hydrogen-bond donors (Lipinski definition) is 1. The second kappa shape index (κ2) is 6.70. The zero-order valence-corrected chi connectivity index (χ0v) is 10.6. The van der Waals surface area contributed by atoms with Gasteiger partial charge in [0.15, 0.2) is 11.9 Å². The van der Waals surface area contributed by atoms with E-state index in [-0.39, 0.29) is 12.8 Å². The van der Waals surface area contributed by atoms with Gasteiger partial charge in [-0.2, -0.15) is 13.2 Å². The SMILES string of the molecule is O=C1CCCCC1OC(=O)C(F)(SOOO)C(F)(F)F. The largest absolute Gasteiger partial charge is 0.451 e. The standard InChI is InChI=1S/C9H10F4O6S/c10-8(9(11,12)13,20-19-18-16)7(15)17-6-4-2-1-3-5(6)14/h6,16H,1-4H2. The molecule has 1 saturated carbocycles. The number of rotatable bonds is 5. The van der Waals surface area contributed by atoms with Gasteiger partial charge in [0.05, 0.1) is 12.0 Å². The molecule has 6 nitrogen and oxygen atoms in total. The lowest BCUT2D eigenvalue weighted by atomic mass is 9.96. The summed E-state index contributed by atoms with van der Waals surface area (Å²) in [5, 5.41) is 5.98. The van der Waals surface area contributed by atoms with Gasteiger partial charge < -0.3 is 4.74 Å². The maximum absolute atomic E-state index is 13.7. The monoisotopic (exact) mass is 322 g/mol. The number of hydrogen-bond acceptors (Lipinski definition) is 7. The molecule has 0 aromatic heterocycles. The average molecular weight is 322 g/mol. The Morgan fingerprint density at radius 1 is 1.30 bits per heavy atom. The zero-order chi connectivity index (χ0) is 15.4. The molecule has 1 aliphatic carbocycles. The summed E-state index contributed by atoms with van der Waals surface area (Å²) >= 11 is -1.12. The van der Waals surface area contributed by atoms with Crippen molar-refractivity contribution in [3.8, 4) is 0 Å². The summed E-state index contributed by atoms with van der Waals surface area (Å²) in [5.74, 6) is -2.91. The van der Waals surface area contributed by atoms with Crippen molar-refractivity contribution < 1.29 is 46.5 Å². The van der Waals surface area contributed by atoms with Crippen LogP contribution in [-0.2, 0) is 23.7 Å². The highest BCUT2D eigenvalue weighted by atomic mass is 32.2. The first-order valence-corrected chi connectivity index (χ1v) is 6.12. The Balaban J connectivity index is 2.80. The summed E-state index contributed by atoms with van der Waals surface area (Å²) in [5.41, 5.74) is 0. The van der Waals surface area contributed by atoms with Crippen molar-refractivity contribution in [1.29, 1.82) is 0 Å². The van der Waals surface area contributed by atoms with Crippen molar-refractivity contribution in [1.82, 2.24) is 0 Å². The van der Waals surface area contributed by atoms with Crippen molar-refractivity contribution in [3.05, 3.63) is 0 Å². The van der Waals surface area contributed by atoms with Gasteiger partial charge in [-0.15, -0.1) is 4.33 Å². The van der Waals surface area contributed by atoms with E-state index in [1.165, 1.54) is 0 Å². The van der Waals surface area contributed by atoms with Gasteiger partial charge in [-0.3, -0.25) is 4.79 Å². The zero-order valence-electron chi connectivity index (χ0n) is 9.81. The molecule has 116 valence electrons. The van der Waals surface area contributed by atoms with Crippen molar-refractivity contribution >= 4 is 23.8 Å². The minimum absolute atomic E-state index is 0.0283. The van der Waals surface area contributed by atoms with E-state index in [1.807, 2.05) is 0 Å². The number of ketones is 1. The predicted molar refractivity (Wildman–Crippen MR) is 55.6 cm³/mol. The van der Waals surface area contributed by atoms with Crippen LogP contribution in [-0.4, -0.2) is 34.3 Å². The normalized spacial score (nSPS) is 23.2. The Morgan fingerprint density at radius 3 is 2.45 bits per heavy atom. The number of ether oxygens (including phenoxy) is 1. The minimum atomic E-state index is -5.69. The van der Waals surface area contributed by atoms with Crippen molar-refractivity contribution in [2.45, 2.75) is 43.0 Å². The quantitative estimate of drug-likeness (QED) is 0.273. The molecule has 0 bridgehead atoms. The Morgan fingerprint density at radius 2 is 1.95 bits per heavy atom. The van der Waals surface area contributed by atoms with Crippen LogP contribution in [0.15, 0.2) is 0 Å². The highest BCUT2D eigenvalue weighted by Gasteiger charge is 2.66. The molecule has 11 heteroatoms. The van der Waals surface area contributed by atoms with E-state index in [9.17, 15) is 27.2 Å². The molecule has 0 spiro atoms. The maximum Gasteiger partial charge on any atom is 0.446 e. The Hall–Kier alpha value is -0.910. The third-order valence-corrected chi connectivity index (χ3v) is 3.31. The lowest BCUT2D eigenvalue weighted by Gasteiger charge is -2.27. The third kappa shape index (κ3) is 3.81. The first-order chi connectivity index (χ1) is 9.22. The molecule has 0 radical (unpaired) electrons. The van der Waals surface area contributed by atoms with Crippen LogP contribution in [0.5, 0.6) is 0 Å². The van der Waals surface area contributed by atoms with E-state index in [0.717, 1.165) is 0 Å². The molecule has 1 rings (SSSR count). The van der Waals surface area contributed by atoms with E-state index in [2.05, 4.69) is 14.1 Å². The van der Waals surface area contributed by atoms with Gasteiger partial charge in [-0.1, -0.05) is 5.04 Å². The van der Waals surface area contributed by atoms with Crippen LogP contribution in [0.3, 0.4) is 0 Å². The van der Waals surface area contributed by atoms with Crippen LogP contribution in [0.1, 0.15) is 25.7 Å². The summed E-state index contributed by atoms with van der Waals surface area (Å²) < 4.78 is 58.9. The first-order valence-electron chi connectivity index (χ1n) is 5.37. The first kappa shape index (κ1) is 17.1. The Kier molecular flexibility index (Phi) is 5.74. The molecule has 1 aliphatic rings.